The number of hydrogen-bond acceptors (Lipinski definition) is 2. The first-order valence-electron chi connectivity index (χ1n) is 5.91. The van der Waals surface area contributed by atoms with Crippen molar-refractivity contribution in [2.45, 2.75) is 39.7 Å². The zero-order chi connectivity index (χ0) is 12.0. The minimum atomic E-state index is 0.0839. The van der Waals surface area contributed by atoms with Gasteiger partial charge in [0.1, 0.15) is 0 Å². The Hall–Kier alpha value is -1.09. The van der Waals surface area contributed by atoms with Crippen molar-refractivity contribution in [3.05, 3.63) is 34.7 Å². The molecule has 0 atom stereocenters. The van der Waals surface area contributed by atoms with E-state index in [1.807, 2.05) is 12.3 Å². The Kier molecular flexibility index (Phi) is 4.74. The largest absolute Gasteiger partial charge is 0.330 e. The summed E-state index contributed by atoms with van der Waals surface area (Å²) in [5.41, 5.74) is 5.98. The van der Waals surface area contributed by atoms with Gasteiger partial charge in [0.15, 0.2) is 0 Å². The molecule has 0 spiro atoms. The normalized spacial score (nSPS) is 11.7. The van der Waals surface area contributed by atoms with Crippen LogP contribution in [0.2, 0.25) is 0 Å². The van der Waals surface area contributed by atoms with Crippen molar-refractivity contribution < 1.29 is 0 Å². The molecule has 0 aliphatic carbocycles. The molecule has 0 unspecified atom stereocenters. The highest BCUT2D eigenvalue weighted by atomic mass is 16.1. The molecule has 0 bridgehead atoms. The summed E-state index contributed by atoms with van der Waals surface area (Å²) >= 11 is 0. The average Bonchev–Trinajstić information content (AvgIpc) is 2.27. The molecule has 1 aromatic rings. The number of unbranched alkanes of at least 4 members (excludes halogenated alkanes) is 1. The molecule has 0 radical (unpaired) electrons. The lowest BCUT2D eigenvalue weighted by Gasteiger charge is -2.21. The van der Waals surface area contributed by atoms with E-state index in [0.717, 1.165) is 32.4 Å². The summed E-state index contributed by atoms with van der Waals surface area (Å²) in [6.07, 6.45) is 5.11. The van der Waals surface area contributed by atoms with Crippen LogP contribution in [0.15, 0.2) is 29.2 Å². The van der Waals surface area contributed by atoms with Gasteiger partial charge in [-0.25, -0.2) is 0 Å². The van der Waals surface area contributed by atoms with Gasteiger partial charge >= 0.3 is 0 Å². The first kappa shape index (κ1) is 13.0. The Labute approximate surface area is 97.3 Å². The van der Waals surface area contributed by atoms with E-state index >= 15 is 0 Å². The van der Waals surface area contributed by atoms with Crippen LogP contribution in [0.3, 0.4) is 0 Å². The molecular formula is C13H22N2O. The zero-order valence-corrected chi connectivity index (χ0v) is 10.3. The van der Waals surface area contributed by atoms with Crippen molar-refractivity contribution in [2.24, 2.45) is 11.1 Å². The SMILES string of the molecule is CC(C)(CN)CCCCn1ccccc1=O. The Bertz CT molecular complexity index is 368. The maximum atomic E-state index is 11.4. The molecule has 1 aromatic heterocycles. The summed E-state index contributed by atoms with van der Waals surface area (Å²) in [4.78, 5) is 11.4. The summed E-state index contributed by atoms with van der Waals surface area (Å²) < 4.78 is 1.76. The minimum Gasteiger partial charge on any atom is -0.330 e. The molecule has 90 valence electrons. The fourth-order valence-electron chi connectivity index (χ4n) is 1.63. The van der Waals surface area contributed by atoms with Gasteiger partial charge in [0, 0.05) is 18.8 Å². The highest BCUT2D eigenvalue weighted by Crippen LogP contribution is 2.21. The first-order chi connectivity index (χ1) is 7.55. The molecule has 0 saturated heterocycles. The van der Waals surface area contributed by atoms with Crippen LogP contribution in [0.1, 0.15) is 33.1 Å². The highest BCUT2D eigenvalue weighted by molar-refractivity contribution is 4.92. The van der Waals surface area contributed by atoms with Crippen molar-refractivity contribution in [3.8, 4) is 0 Å². The van der Waals surface area contributed by atoms with Crippen LogP contribution >= 0.6 is 0 Å². The lowest BCUT2D eigenvalue weighted by atomic mass is 9.87. The molecule has 16 heavy (non-hydrogen) atoms. The zero-order valence-electron chi connectivity index (χ0n) is 10.3. The fraction of sp³-hybridized carbons (Fsp3) is 0.615. The van der Waals surface area contributed by atoms with E-state index in [1.54, 1.807) is 16.7 Å². The van der Waals surface area contributed by atoms with Crippen molar-refractivity contribution in [2.75, 3.05) is 6.54 Å². The van der Waals surface area contributed by atoms with Crippen LogP contribution in [0, 0.1) is 5.41 Å². The summed E-state index contributed by atoms with van der Waals surface area (Å²) in [7, 11) is 0. The molecular weight excluding hydrogens is 200 g/mol. The van der Waals surface area contributed by atoms with Gasteiger partial charge in [-0.2, -0.15) is 0 Å². The Morgan fingerprint density at radius 1 is 1.31 bits per heavy atom. The van der Waals surface area contributed by atoms with Crippen LogP contribution < -0.4 is 11.3 Å². The summed E-state index contributed by atoms with van der Waals surface area (Å²) in [5, 5.41) is 0. The molecule has 0 aliphatic heterocycles. The topological polar surface area (TPSA) is 48.0 Å². The smallest absolute Gasteiger partial charge is 0.250 e. The summed E-state index contributed by atoms with van der Waals surface area (Å²) in [6, 6.07) is 5.27. The Balaban J connectivity index is 2.32. The Morgan fingerprint density at radius 2 is 2.06 bits per heavy atom. The highest BCUT2D eigenvalue weighted by Gasteiger charge is 2.14. The van der Waals surface area contributed by atoms with Gasteiger partial charge in [0.2, 0.25) is 5.56 Å². The van der Waals surface area contributed by atoms with E-state index < -0.39 is 0 Å². The second kappa shape index (κ2) is 5.85. The van der Waals surface area contributed by atoms with Gasteiger partial charge < -0.3 is 10.3 Å². The van der Waals surface area contributed by atoms with E-state index in [1.165, 1.54) is 0 Å². The number of pyridine rings is 1. The fourth-order valence-corrected chi connectivity index (χ4v) is 1.63. The molecule has 0 saturated carbocycles. The van der Waals surface area contributed by atoms with Gasteiger partial charge in [0.05, 0.1) is 0 Å². The van der Waals surface area contributed by atoms with E-state index in [0.29, 0.717) is 0 Å². The molecule has 3 nitrogen and oxygen atoms in total. The number of rotatable bonds is 6. The average molecular weight is 222 g/mol. The molecule has 1 rings (SSSR count). The van der Waals surface area contributed by atoms with Crippen molar-refractivity contribution in [3.63, 3.8) is 0 Å². The van der Waals surface area contributed by atoms with E-state index in [-0.39, 0.29) is 11.0 Å². The van der Waals surface area contributed by atoms with Crippen molar-refractivity contribution >= 4 is 0 Å². The van der Waals surface area contributed by atoms with Gasteiger partial charge in [0.25, 0.3) is 0 Å². The summed E-state index contributed by atoms with van der Waals surface area (Å²) in [6.45, 7) is 5.89. The molecule has 1 heterocycles. The van der Waals surface area contributed by atoms with Gasteiger partial charge in [-0.3, -0.25) is 4.79 Å². The lowest BCUT2D eigenvalue weighted by Crippen LogP contribution is -2.23. The molecule has 0 aliphatic rings. The minimum absolute atomic E-state index is 0.0839. The lowest BCUT2D eigenvalue weighted by molar-refractivity contribution is 0.328. The number of nitrogens with two attached hydrogens (primary N) is 1. The van der Waals surface area contributed by atoms with Crippen LogP contribution in [0.4, 0.5) is 0 Å². The molecule has 0 amide bonds. The quantitative estimate of drug-likeness (QED) is 0.748. The van der Waals surface area contributed by atoms with E-state index in [2.05, 4.69) is 13.8 Å². The van der Waals surface area contributed by atoms with Crippen molar-refractivity contribution in [1.29, 1.82) is 0 Å². The molecule has 3 heteroatoms. The monoisotopic (exact) mass is 222 g/mol. The molecule has 2 N–H and O–H groups in total. The van der Waals surface area contributed by atoms with Crippen LogP contribution in [-0.2, 0) is 6.54 Å². The number of nitrogens with zero attached hydrogens (tertiary/aromatic N) is 1. The second-order valence-electron chi connectivity index (χ2n) is 5.06. The number of aryl methyl sites for hydroxylation is 1. The third-order valence-electron chi connectivity index (χ3n) is 2.95. The van der Waals surface area contributed by atoms with E-state index in [4.69, 9.17) is 5.73 Å². The van der Waals surface area contributed by atoms with Crippen molar-refractivity contribution in [1.82, 2.24) is 4.57 Å². The Morgan fingerprint density at radius 3 is 2.69 bits per heavy atom. The van der Waals surface area contributed by atoms with Gasteiger partial charge in [-0.1, -0.05) is 26.3 Å². The predicted octanol–water partition coefficient (Wildman–Crippen LogP) is 2.00. The molecule has 0 aromatic carbocycles. The predicted molar refractivity (Wildman–Crippen MR) is 67.4 cm³/mol. The van der Waals surface area contributed by atoms with Gasteiger partial charge in [-0.05, 0) is 30.9 Å². The van der Waals surface area contributed by atoms with E-state index in [9.17, 15) is 4.79 Å². The number of aromatic nitrogens is 1. The number of hydrogen-bond donors (Lipinski definition) is 1. The maximum Gasteiger partial charge on any atom is 0.250 e. The van der Waals surface area contributed by atoms with Crippen LogP contribution in [-0.4, -0.2) is 11.1 Å². The molecule has 0 fully saturated rings. The summed E-state index contributed by atoms with van der Waals surface area (Å²) in [5.74, 6) is 0. The van der Waals surface area contributed by atoms with Crippen LogP contribution in [0.25, 0.3) is 0 Å². The third kappa shape index (κ3) is 4.19. The maximum absolute atomic E-state index is 11.4. The second-order valence-corrected chi connectivity index (χ2v) is 5.06. The third-order valence-corrected chi connectivity index (χ3v) is 2.95. The van der Waals surface area contributed by atoms with Crippen LogP contribution in [0.5, 0.6) is 0 Å². The standard InChI is InChI=1S/C13H22N2O/c1-13(2,11-14)8-4-6-10-15-9-5-3-7-12(15)16/h3,5,7,9H,4,6,8,10-11,14H2,1-2H3. The van der Waals surface area contributed by atoms with Gasteiger partial charge in [-0.15, -0.1) is 0 Å². The first-order valence-corrected chi connectivity index (χ1v) is 5.91.